The molecule has 0 aliphatic carbocycles. The lowest BCUT2D eigenvalue weighted by Gasteiger charge is -2.20. The highest BCUT2D eigenvalue weighted by atomic mass is 16.4. The zero-order valence-corrected chi connectivity index (χ0v) is 15.8. The maximum Gasteiger partial charge on any atom is 0.306 e. The molecular weight excluding hydrogens is 322 g/mol. The molecule has 1 aliphatic rings. The summed E-state index contributed by atoms with van der Waals surface area (Å²) in [4.78, 5) is 13.6. The van der Waals surface area contributed by atoms with E-state index in [-0.39, 0.29) is 5.92 Å². The normalized spacial score (nSPS) is 18.8. The minimum absolute atomic E-state index is 0.349. The fourth-order valence-corrected chi connectivity index (χ4v) is 3.74. The van der Waals surface area contributed by atoms with Gasteiger partial charge in [-0.05, 0) is 61.4 Å². The predicted molar refractivity (Wildman–Crippen MR) is 106 cm³/mol. The van der Waals surface area contributed by atoms with E-state index in [1.165, 1.54) is 36.1 Å². The van der Waals surface area contributed by atoms with Crippen LogP contribution in [-0.4, -0.2) is 35.1 Å². The van der Waals surface area contributed by atoms with Crippen LogP contribution in [0, 0.1) is 5.92 Å². The predicted octanol–water partition coefficient (Wildman–Crippen LogP) is 4.64. The van der Waals surface area contributed by atoms with Crippen LogP contribution >= 0.6 is 0 Å². The van der Waals surface area contributed by atoms with E-state index in [0.29, 0.717) is 6.42 Å². The smallest absolute Gasteiger partial charge is 0.306 e. The van der Waals surface area contributed by atoms with Crippen molar-refractivity contribution in [2.24, 2.45) is 5.92 Å². The van der Waals surface area contributed by atoms with Crippen molar-refractivity contribution in [2.75, 3.05) is 13.1 Å². The molecule has 1 heterocycles. The molecule has 26 heavy (non-hydrogen) atoms. The molecule has 2 unspecified atom stereocenters. The standard InChI is InChI=1S/C23H29NO2/c1-17(23(25)26)16-20-7-11-22(12-8-20)21-9-5-19(6-10-21)13-15-24-14-3-4-18(24)2/h5-12,17-18H,3-4,13-16H2,1-2H3,(H,25,26). The van der Waals surface area contributed by atoms with E-state index < -0.39 is 5.97 Å². The molecule has 138 valence electrons. The molecule has 0 spiro atoms. The van der Waals surface area contributed by atoms with Crippen molar-refractivity contribution in [3.63, 3.8) is 0 Å². The number of carbonyl (C=O) groups is 1. The maximum atomic E-state index is 11.0. The van der Waals surface area contributed by atoms with Crippen molar-refractivity contribution >= 4 is 5.97 Å². The van der Waals surface area contributed by atoms with Gasteiger partial charge in [-0.3, -0.25) is 4.79 Å². The van der Waals surface area contributed by atoms with Crippen molar-refractivity contribution in [3.8, 4) is 11.1 Å². The fraction of sp³-hybridized carbons (Fsp3) is 0.435. The number of hydrogen-bond acceptors (Lipinski definition) is 2. The van der Waals surface area contributed by atoms with E-state index in [9.17, 15) is 4.79 Å². The summed E-state index contributed by atoms with van der Waals surface area (Å²) in [6.07, 6.45) is 4.35. The summed E-state index contributed by atoms with van der Waals surface area (Å²) >= 11 is 0. The number of carboxylic acids is 1. The summed E-state index contributed by atoms with van der Waals surface area (Å²) in [5.74, 6) is -1.09. The summed E-state index contributed by atoms with van der Waals surface area (Å²) in [6.45, 7) is 6.47. The minimum atomic E-state index is -0.743. The highest BCUT2D eigenvalue weighted by Gasteiger charge is 2.19. The summed E-state index contributed by atoms with van der Waals surface area (Å²) in [5.41, 5.74) is 4.84. The quantitative estimate of drug-likeness (QED) is 0.790. The molecule has 2 aromatic rings. The third-order valence-corrected chi connectivity index (χ3v) is 5.58. The van der Waals surface area contributed by atoms with Gasteiger partial charge in [-0.15, -0.1) is 0 Å². The average molecular weight is 351 g/mol. The van der Waals surface area contributed by atoms with Crippen LogP contribution in [0.3, 0.4) is 0 Å². The first-order valence-electron chi connectivity index (χ1n) is 9.68. The van der Waals surface area contributed by atoms with E-state index in [2.05, 4.69) is 48.2 Å². The molecule has 3 rings (SSSR count). The summed E-state index contributed by atoms with van der Waals surface area (Å²) in [7, 11) is 0. The van der Waals surface area contributed by atoms with Crippen LogP contribution in [0.15, 0.2) is 48.5 Å². The molecule has 1 saturated heterocycles. The molecule has 2 atom stereocenters. The Morgan fingerprint density at radius 3 is 2.15 bits per heavy atom. The number of aliphatic carboxylic acids is 1. The Hall–Kier alpha value is -2.13. The lowest BCUT2D eigenvalue weighted by Crippen LogP contribution is -2.28. The van der Waals surface area contributed by atoms with Crippen LogP contribution in [0.2, 0.25) is 0 Å². The monoisotopic (exact) mass is 351 g/mol. The van der Waals surface area contributed by atoms with Crippen LogP contribution in [0.4, 0.5) is 0 Å². The first kappa shape index (κ1) is 18.7. The number of benzene rings is 2. The van der Waals surface area contributed by atoms with Crippen LogP contribution in [-0.2, 0) is 17.6 Å². The Morgan fingerprint density at radius 2 is 1.65 bits per heavy atom. The molecule has 1 aliphatic heterocycles. The zero-order valence-electron chi connectivity index (χ0n) is 15.8. The van der Waals surface area contributed by atoms with E-state index in [4.69, 9.17) is 5.11 Å². The second kappa shape index (κ2) is 8.50. The molecule has 1 fully saturated rings. The molecular formula is C23H29NO2. The molecule has 3 heteroatoms. The van der Waals surface area contributed by atoms with Gasteiger partial charge in [0.2, 0.25) is 0 Å². The zero-order chi connectivity index (χ0) is 18.5. The molecule has 0 aromatic heterocycles. The van der Waals surface area contributed by atoms with Crippen molar-refractivity contribution in [2.45, 2.75) is 45.6 Å². The number of nitrogens with zero attached hydrogens (tertiary/aromatic N) is 1. The fourth-order valence-electron chi connectivity index (χ4n) is 3.74. The lowest BCUT2D eigenvalue weighted by molar-refractivity contribution is -0.141. The number of rotatable bonds is 7. The Balaban J connectivity index is 1.58. The van der Waals surface area contributed by atoms with Crippen LogP contribution < -0.4 is 0 Å². The van der Waals surface area contributed by atoms with Crippen molar-refractivity contribution < 1.29 is 9.90 Å². The first-order valence-corrected chi connectivity index (χ1v) is 9.68. The molecule has 0 radical (unpaired) electrons. The van der Waals surface area contributed by atoms with Gasteiger partial charge in [-0.2, -0.15) is 0 Å². The van der Waals surface area contributed by atoms with E-state index in [1.54, 1.807) is 6.92 Å². The molecule has 2 aromatic carbocycles. The highest BCUT2D eigenvalue weighted by molar-refractivity contribution is 5.70. The maximum absolute atomic E-state index is 11.0. The number of carboxylic acid groups (broad SMARTS) is 1. The number of hydrogen-bond donors (Lipinski definition) is 1. The highest BCUT2D eigenvalue weighted by Crippen LogP contribution is 2.22. The minimum Gasteiger partial charge on any atom is -0.481 e. The SMILES string of the molecule is CC(Cc1ccc(-c2ccc(CCN3CCCC3C)cc2)cc1)C(=O)O. The van der Waals surface area contributed by atoms with Gasteiger partial charge in [0.05, 0.1) is 5.92 Å². The van der Waals surface area contributed by atoms with Crippen molar-refractivity contribution in [3.05, 3.63) is 59.7 Å². The molecule has 3 nitrogen and oxygen atoms in total. The van der Waals surface area contributed by atoms with Gasteiger partial charge < -0.3 is 10.0 Å². The molecule has 0 amide bonds. The van der Waals surface area contributed by atoms with E-state index in [1.807, 2.05) is 12.1 Å². The van der Waals surface area contributed by atoms with Crippen molar-refractivity contribution in [1.29, 1.82) is 0 Å². The van der Waals surface area contributed by atoms with Gasteiger partial charge in [0.25, 0.3) is 0 Å². The van der Waals surface area contributed by atoms with E-state index >= 15 is 0 Å². The molecule has 0 bridgehead atoms. The van der Waals surface area contributed by atoms with Gasteiger partial charge in [-0.25, -0.2) is 0 Å². The second-order valence-electron chi connectivity index (χ2n) is 7.61. The Bertz CT molecular complexity index is 721. The lowest BCUT2D eigenvalue weighted by atomic mass is 9.97. The molecule has 1 N–H and O–H groups in total. The Morgan fingerprint density at radius 1 is 1.08 bits per heavy atom. The molecule has 0 saturated carbocycles. The number of likely N-dealkylation sites (tertiary alicyclic amines) is 1. The first-order chi connectivity index (χ1) is 12.5. The van der Waals surface area contributed by atoms with Gasteiger partial charge >= 0.3 is 5.97 Å². The second-order valence-corrected chi connectivity index (χ2v) is 7.61. The van der Waals surface area contributed by atoms with Gasteiger partial charge in [0.1, 0.15) is 0 Å². The average Bonchev–Trinajstić information content (AvgIpc) is 3.06. The Kier molecular flexibility index (Phi) is 6.10. The summed E-state index contributed by atoms with van der Waals surface area (Å²) in [6, 6.07) is 17.8. The van der Waals surface area contributed by atoms with Crippen LogP contribution in [0.25, 0.3) is 11.1 Å². The third kappa shape index (κ3) is 4.73. The third-order valence-electron chi connectivity index (χ3n) is 5.58. The Labute approximate surface area is 156 Å². The largest absolute Gasteiger partial charge is 0.481 e. The topological polar surface area (TPSA) is 40.5 Å². The van der Waals surface area contributed by atoms with Gasteiger partial charge in [0, 0.05) is 12.6 Å². The van der Waals surface area contributed by atoms with Gasteiger partial charge in [0.15, 0.2) is 0 Å². The summed E-state index contributed by atoms with van der Waals surface area (Å²) < 4.78 is 0. The van der Waals surface area contributed by atoms with Crippen LogP contribution in [0.5, 0.6) is 0 Å². The van der Waals surface area contributed by atoms with Crippen molar-refractivity contribution in [1.82, 2.24) is 4.90 Å². The van der Waals surface area contributed by atoms with Crippen LogP contribution in [0.1, 0.15) is 37.8 Å². The van der Waals surface area contributed by atoms with E-state index in [0.717, 1.165) is 24.6 Å². The van der Waals surface area contributed by atoms with Gasteiger partial charge in [-0.1, -0.05) is 55.5 Å². The summed E-state index contributed by atoms with van der Waals surface area (Å²) in [5, 5.41) is 9.03.